The fourth-order valence-electron chi connectivity index (χ4n) is 2.50. The van der Waals surface area contributed by atoms with Crippen molar-refractivity contribution >= 4 is 15.9 Å². The maximum atomic E-state index is 14.0. The van der Waals surface area contributed by atoms with Crippen LogP contribution in [0.1, 0.15) is 29.9 Å². The molecule has 6 nitrogen and oxygen atoms in total. The Balaban J connectivity index is 2.14. The topological polar surface area (TPSA) is 79.4 Å². The lowest BCUT2D eigenvalue weighted by atomic mass is 10.2. The van der Waals surface area contributed by atoms with Gasteiger partial charge in [0.25, 0.3) is 5.91 Å². The van der Waals surface area contributed by atoms with Crippen molar-refractivity contribution in [1.29, 1.82) is 0 Å². The molecule has 0 aliphatic rings. The smallest absolute Gasteiger partial charge is 0.254 e. The van der Waals surface area contributed by atoms with Crippen molar-refractivity contribution in [3.63, 3.8) is 0 Å². The minimum Gasteiger partial charge on any atom is -0.352 e. The summed E-state index contributed by atoms with van der Waals surface area (Å²) in [4.78, 5) is 16.3. The molecule has 0 saturated carbocycles. The fourth-order valence-corrected chi connectivity index (χ4v) is 3.98. The molecule has 2 aromatic rings. The van der Waals surface area contributed by atoms with Crippen molar-refractivity contribution in [2.45, 2.75) is 25.2 Å². The Morgan fingerprint density at radius 2 is 1.92 bits per heavy atom. The number of aromatic nitrogens is 1. The summed E-state index contributed by atoms with van der Waals surface area (Å²) in [6, 6.07) is 8.71. The van der Waals surface area contributed by atoms with E-state index in [1.54, 1.807) is 26.1 Å². The van der Waals surface area contributed by atoms with Gasteiger partial charge in [0, 0.05) is 37.9 Å². The van der Waals surface area contributed by atoms with Crippen LogP contribution in [0.2, 0.25) is 0 Å². The molecule has 0 spiro atoms. The highest BCUT2D eigenvalue weighted by Crippen LogP contribution is 2.19. The van der Waals surface area contributed by atoms with E-state index in [1.807, 2.05) is 12.1 Å². The van der Waals surface area contributed by atoms with Crippen LogP contribution in [0.4, 0.5) is 4.39 Å². The van der Waals surface area contributed by atoms with Crippen molar-refractivity contribution in [3.05, 3.63) is 59.7 Å². The molecule has 0 atom stereocenters. The van der Waals surface area contributed by atoms with Crippen LogP contribution in [0.25, 0.3) is 0 Å². The van der Waals surface area contributed by atoms with Crippen LogP contribution < -0.4 is 5.32 Å². The Kier molecular flexibility index (Phi) is 6.82. The third kappa shape index (κ3) is 4.64. The number of rotatable bonds is 8. The molecule has 1 N–H and O–H groups in total. The lowest BCUT2D eigenvalue weighted by Gasteiger charge is -2.19. The molecule has 0 saturated heterocycles. The second-order valence-electron chi connectivity index (χ2n) is 5.56. The Bertz CT molecular complexity index is 853. The molecular formula is C18H22FN3O3S. The van der Waals surface area contributed by atoms with Crippen molar-refractivity contribution in [2.75, 3.05) is 19.6 Å². The van der Waals surface area contributed by atoms with E-state index in [-0.39, 0.29) is 17.0 Å². The lowest BCUT2D eigenvalue weighted by Crippen LogP contribution is -2.31. The second-order valence-corrected chi connectivity index (χ2v) is 7.50. The largest absolute Gasteiger partial charge is 0.352 e. The van der Waals surface area contributed by atoms with E-state index in [2.05, 4.69) is 10.3 Å². The summed E-state index contributed by atoms with van der Waals surface area (Å²) in [7, 11) is -3.76. The lowest BCUT2D eigenvalue weighted by molar-refractivity contribution is 0.0950. The normalized spacial score (nSPS) is 11.5. The fraction of sp³-hybridized carbons (Fsp3) is 0.333. The predicted octanol–water partition coefficient (Wildman–Crippen LogP) is 2.22. The van der Waals surface area contributed by atoms with Crippen molar-refractivity contribution in [3.8, 4) is 0 Å². The van der Waals surface area contributed by atoms with Gasteiger partial charge in [-0.3, -0.25) is 9.78 Å². The molecule has 0 aliphatic carbocycles. The van der Waals surface area contributed by atoms with Gasteiger partial charge in [-0.1, -0.05) is 19.9 Å². The SMILES string of the molecule is CCN(CC)S(=O)(=O)c1ccc(F)c(C(=O)NCCc2ccccn2)c1. The van der Waals surface area contributed by atoms with Gasteiger partial charge in [0.1, 0.15) is 5.82 Å². The Hall–Kier alpha value is -2.32. The first-order valence-electron chi connectivity index (χ1n) is 8.38. The van der Waals surface area contributed by atoms with E-state index in [1.165, 1.54) is 10.4 Å². The molecule has 1 amide bonds. The summed E-state index contributed by atoms with van der Waals surface area (Å²) in [5.74, 6) is -1.42. The number of pyridine rings is 1. The van der Waals surface area contributed by atoms with Crippen LogP contribution in [-0.2, 0) is 16.4 Å². The molecule has 1 heterocycles. The third-order valence-electron chi connectivity index (χ3n) is 3.92. The summed E-state index contributed by atoms with van der Waals surface area (Å²) in [6.45, 7) is 4.29. The van der Waals surface area contributed by atoms with Crippen molar-refractivity contribution in [1.82, 2.24) is 14.6 Å². The standard InChI is InChI=1S/C18H22FN3O3S/c1-3-22(4-2)26(24,25)15-8-9-17(19)16(13-15)18(23)21-12-10-14-7-5-6-11-20-14/h5-9,11,13H,3-4,10,12H2,1-2H3,(H,21,23). The highest BCUT2D eigenvalue weighted by Gasteiger charge is 2.24. The molecule has 0 fully saturated rings. The maximum Gasteiger partial charge on any atom is 0.254 e. The van der Waals surface area contributed by atoms with E-state index in [4.69, 9.17) is 0 Å². The zero-order chi connectivity index (χ0) is 19.2. The van der Waals surface area contributed by atoms with Gasteiger partial charge in [-0.25, -0.2) is 12.8 Å². The number of carbonyl (C=O) groups excluding carboxylic acids is 1. The molecule has 140 valence electrons. The molecule has 0 aliphatic heterocycles. The Morgan fingerprint density at radius 1 is 1.19 bits per heavy atom. The minimum absolute atomic E-state index is 0.0996. The van der Waals surface area contributed by atoms with Crippen molar-refractivity contribution < 1.29 is 17.6 Å². The number of halogens is 1. The average molecular weight is 379 g/mol. The summed E-state index contributed by atoms with van der Waals surface area (Å²) in [6.07, 6.45) is 2.14. The Labute approximate surface area is 153 Å². The zero-order valence-corrected chi connectivity index (χ0v) is 15.6. The molecular weight excluding hydrogens is 357 g/mol. The molecule has 1 aromatic carbocycles. The van der Waals surface area contributed by atoms with E-state index in [0.717, 1.165) is 17.8 Å². The summed E-state index contributed by atoms with van der Waals surface area (Å²) < 4.78 is 40.4. The number of carbonyl (C=O) groups is 1. The van der Waals surface area contributed by atoms with E-state index < -0.39 is 21.7 Å². The van der Waals surface area contributed by atoms with E-state index in [0.29, 0.717) is 19.5 Å². The van der Waals surface area contributed by atoms with Crippen LogP contribution in [-0.4, -0.2) is 43.2 Å². The van der Waals surface area contributed by atoms with Gasteiger partial charge in [-0.05, 0) is 30.3 Å². The van der Waals surface area contributed by atoms with Gasteiger partial charge in [0.15, 0.2) is 0 Å². The second kappa shape index (κ2) is 8.86. The molecule has 0 bridgehead atoms. The molecule has 8 heteroatoms. The number of nitrogens with zero attached hydrogens (tertiary/aromatic N) is 2. The number of nitrogens with one attached hydrogen (secondary N) is 1. The molecule has 2 rings (SSSR count). The zero-order valence-electron chi connectivity index (χ0n) is 14.8. The number of benzene rings is 1. The monoisotopic (exact) mass is 379 g/mol. The van der Waals surface area contributed by atoms with Crippen LogP contribution in [0.5, 0.6) is 0 Å². The first-order chi connectivity index (χ1) is 12.4. The first-order valence-corrected chi connectivity index (χ1v) is 9.82. The van der Waals surface area contributed by atoms with Crippen LogP contribution in [0, 0.1) is 5.82 Å². The quantitative estimate of drug-likeness (QED) is 0.763. The summed E-state index contributed by atoms with van der Waals surface area (Å²) in [5, 5.41) is 2.60. The number of hydrogen-bond donors (Lipinski definition) is 1. The van der Waals surface area contributed by atoms with Gasteiger partial charge in [0.2, 0.25) is 10.0 Å². The minimum atomic E-state index is -3.76. The summed E-state index contributed by atoms with van der Waals surface area (Å²) >= 11 is 0. The third-order valence-corrected chi connectivity index (χ3v) is 5.96. The maximum absolute atomic E-state index is 14.0. The highest BCUT2D eigenvalue weighted by atomic mass is 32.2. The van der Waals surface area contributed by atoms with Gasteiger partial charge < -0.3 is 5.32 Å². The van der Waals surface area contributed by atoms with Gasteiger partial charge in [-0.2, -0.15) is 4.31 Å². The summed E-state index contributed by atoms with van der Waals surface area (Å²) in [5.41, 5.74) is 0.505. The first kappa shape index (κ1) is 20.0. The van der Waals surface area contributed by atoms with Crippen molar-refractivity contribution in [2.24, 2.45) is 0 Å². The van der Waals surface area contributed by atoms with Crippen LogP contribution >= 0.6 is 0 Å². The van der Waals surface area contributed by atoms with E-state index >= 15 is 0 Å². The van der Waals surface area contributed by atoms with Crippen LogP contribution in [0.3, 0.4) is 0 Å². The van der Waals surface area contributed by atoms with Crippen LogP contribution in [0.15, 0.2) is 47.5 Å². The molecule has 0 unspecified atom stereocenters. The van der Waals surface area contributed by atoms with E-state index in [9.17, 15) is 17.6 Å². The van der Waals surface area contributed by atoms with Gasteiger partial charge >= 0.3 is 0 Å². The molecule has 26 heavy (non-hydrogen) atoms. The number of hydrogen-bond acceptors (Lipinski definition) is 4. The Morgan fingerprint density at radius 3 is 2.54 bits per heavy atom. The number of sulfonamides is 1. The van der Waals surface area contributed by atoms with Gasteiger partial charge in [0.05, 0.1) is 10.5 Å². The highest BCUT2D eigenvalue weighted by molar-refractivity contribution is 7.89. The van der Waals surface area contributed by atoms with Gasteiger partial charge in [-0.15, -0.1) is 0 Å². The molecule has 0 radical (unpaired) electrons. The predicted molar refractivity (Wildman–Crippen MR) is 96.8 cm³/mol. The number of amides is 1. The average Bonchev–Trinajstić information content (AvgIpc) is 2.63. The molecule has 1 aromatic heterocycles.